The number of benzene rings is 1. The van der Waals surface area contributed by atoms with Crippen LogP contribution in [0.2, 0.25) is 0 Å². The largest absolute Gasteiger partial charge is 0.481 e. The maximum Gasteiger partial charge on any atom is 0.306 e. The molecule has 0 radical (unpaired) electrons. The number of nitrogens with one attached hydrogen (secondary N) is 2. The number of rotatable bonds is 3. The van der Waals surface area contributed by atoms with E-state index in [1.54, 1.807) is 0 Å². The number of aliphatic carboxylic acids is 1. The first-order chi connectivity index (χ1) is 10.1. The molecule has 1 fully saturated rings. The molecule has 1 aliphatic carbocycles. The van der Waals surface area contributed by atoms with Crippen LogP contribution in [0.5, 0.6) is 0 Å². The highest BCUT2D eigenvalue weighted by atomic mass is 16.4. The van der Waals surface area contributed by atoms with E-state index in [0.29, 0.717) is 25.8 Å². The summed E-state index contributed by atoms with van der Waals surface area (Å²) in [7, 11) is 0. The van der Waals surface area contributed by atoms with Gasteiger partial charge in [-0.25, -0.2) is 0 Å². The molecular weight excluding hydrogens is 268 g/mol. The second-order valence-corrected chi connectivity index (χ2v) is 5.96. The van der Waals surface area contributed by atoms with E-state index in [9.17, 15) is 9.59 Å². The summed E-state index contributed by atoms with van der Waals surface area (Å²) in [6.07, 6.45) is 2.65. The molecule has 112 valence electrons. The van der Waals surface area contributed by atoms with Crippen molar-refractivity contribution in [2.24, 2.45) is 5.92 Å². The van der Waals surface area contributed by atoms with E-state index in [-0.39, 0.29) is 23.9 Å². The molecule has 3 N–H and O–H groups in total. The summed E-state index contributed by atoms with van der Waals surface area (Å²) < 4.78 is 0. The number of carbonyl (C=O) groups is 2. The topological polar surface area (TPSA) is 78.4 Å². The Labute approximate surface area is 123 Å². The van der Waals surface area contributed by atoms with Crippen molar-refractivity contribution >= 4 is 11.9 Å². The zero-order valence-electron chi connectivity index (χ0n) is 11.8. The number of carboxylic acid groups (broad SMARTS) is 1. The minimum Gasteiger partial charge on any atom is -0.481 e. The van der Waals surface area contributed by atoms with E-state index in [2.05, 4.69) is 22.8 Å². The number of carbonyl (C=O) groups excluding carboxylic acids is 1. The molecule has 0 unspecified atom stereocenters. The Hall–Kier alpha value is -1.88. The molecule has 1 saturated carbocycles. The Balaban J connectivity index is 1.57. The van der Waals surface area contributed by atoms with Gasteiger partial charge in [0.1, 0.15) is 0 Å². The molecule has 1 aromatic rings. The molecular formula is C16H20N2O3. The van der Waals surface area contributed by atoms with Crippen molar-refractivity contribution < 1.29 is 14.7 Å². The Kier molecular flexibility index (Phi) is 3.92. The fraction of sp³-hybridized carbons (Fsp3) is 0.500. The third kappa shape index (κ3) is 3.08. The van der Waals surface area contributed by atoms with Crippen LogP contribution in [-0.4, -0.2) is 29.1 Å². The van der Waals surface area contributed by atoms with E-state index in [1.165, 1.54) is 11.1 Å². The van der Waals surface area contributed by atoms with Crippen LogP contribution in [0.1, 0.15) is 30.4 Å². The molecule has 0 spiro atoms. The Bertz CT molecular complexity index is 558. The molecule has 21 heavy (non-hydrogen) atoms. The smallest absolute Gasteiger partial charge is 0.306 e. The van der Waals surface area contributed by atoms with Crippen LogP contribution in [0.25, 0.3) is 0 Å². The Morgan fingerprint density at radius 2 is 1.95 bits per heavy atom. The van der Waals surface area contributed by atoms with Crippen molar-refractivity contribution in [2.45, 2.75) is 44.3 Å². The highest BCUT2D eigenvalue weighted by molar-refractivity contribution is 5.83. The first kappa shape index (κ1) is 14.1. The van der Waals surface area contributed by atoms with Gasteiger partial charge in [-0.05, 0) is 36.8 Å². The van der Waals surface area contributed by atoms with Crippen LogP contribution in [-0.2, 0) is 22.6 Å². The maximum absolute atomic E-state index is 12.3. The number of fused-ring (bicyclic) bond motifs is 1. The lowest BCUT2D eigenvalue weighted by molar-refractivity contribution is -0.141. The molecule has 0 aromatic heterocycles. The molecule has 1 amide bonds. The third-order valence-corrected chi connectivity index (χ3v) is 4.53. The van der Waals surface area contributed by atoms with E-state index in [4.69, 9.17) is 5.11 Å². The van der Waals surface area contributed by atoms with Gasteiger partial charge in [-0.1, -0.05) is 24.3 Å². The predicted octanol–water partition coefficient (Wildman–Crippen LogP) is 1.07. The summed E-state index contributed by atoms with van der Waals surface area (Å²) in [5, 5.41) is 15.3. The minimum atomic E-state index is -0.753. The molecule has 0 bridgehead atoms. The SMILES string of the molecule is O=C(O)[C@@H]1CC[C@H](NC(=O)[C@@H]2Cc3ccccc3CN2)C1. The standard InChI is InChI=1S/C16H20N2O3/c19-15(18-13-6-5-11(7-13)16(20)21)14-8-10-3-1-2-4-12(10)9-17-14/h1-4,11,13-14,17H,5-9H2,(H,18,19)(H,20,21)/t11-,13+,14+/m1/s1. The Morgan fingerprint density at radius 3 is 2.67 bits per heavy atom. The van der Waals surface area contributed by atoms with Gasteiger partial charge >= 0.3 is 5.97 Å². The van der Waals surface area contributed by atoms with Crippen LogP contribution in [0.3, 0.4) is 0 Å². The normalized spacial score (nSPS) is 27.9. The zero-order valence-corrected chi connectivity index (χ0v) is 11.8. The van der Waals surface area contributed by atoms with Crippen molar-refractivity contribution in [3.05, 3.63) is 35.4 Å². The van der Waals surface area contributed by atoms with Crippen molar-refractivity contribution in [1.29, 1.82) is 0 Å². The van der Waals surface area contributed by atoms with Crippen LogP contribution >= 0.6 is 0 Å². The summed E-state index contributed by atoms with van der Waals surface area (Å²) in [5.74, 6) is -1.08. The van der Waals surface area contributed by atoms with Gasteiger partial charge in [0, 0.05) is 12.6 Å². The van der Waals surface area contributed by atoms with Crippen LogP contribution < -0.4 is 10.6 Å². The van der Waals surface area contributed by atoms with E-state index >= 15 is 0 Å². The van der Waals surface area contributed by atoms with Gasteiger partial charge in [-0.3, -0.25) is 9.59 Å². The van der Waals surface area contributed by atoms with Gasteiger partial charge in [0.25, 0.3) is 0 Å². The minimum absolute atomic E-state index is 0.00225. The number of amides is 1. The molecule has 1 heterocycles. The number of carboxylic acids is 1. The monoisotopic (exact) mass is 288 g/mol. The van der Waals surface area contributed by atoms with Gasteiger partial charge in [0.05, 0.1) is 12.0 Å². The van der Waals surface area contributed by atoms with Crippen molar-refractivity contribution in [1.82, 2.24) is 10.6 Å². The van der Waals surface area contributed by atoms with E-state index in [1.807, 2.05) is 12.1 Å². The molecule has 0 saturated heterocycles. The zero-order chi connectivity index (χ0) is 14.8. The Morgan fingerprint density at radius 1 is 1.19 bits per heavy atom. The lowest BCUT2D eigenvalue weighted by Gasteiger charge is -2.26. The highest BCUT2D eigenvalue weighted by Gasteiger charge is 2.32. The molecule has 5 heteroatoms. The summed E-state index contributed by atoms with van der Waals surface area (Å²) in [5.41, 5.74) is 2.46. The van der Waals surface area contributed by atoms with Gasteiger partial charge in [0.15, 0.2) is 0 Å². The average molecular weight is 288 g/mol. The number of hydrogen-bond acceptors (Lipinski definition) is 3. The van der Waals surface area contributed by atoms with Crippen LogP contribution in [0.15, 0.2) is 24.3 Å². The van der Waals surface area contributed by atoms with E-state index < -0.39 is 5.97 Å². The molecule has 1 aromatic carbocycles. The highest BCUT2D eigenvalue weighted by Crippen LogP contribution is 2.26. The summed E-state index contributed by atoms with van der Waals surface area (Å²) in [4.78, 5) is 23.3. The first-order valence-corrected chi connectivity index (χ1v) is 7.47. The predicted molar refractivity (Wildman–Crippen MR) is 77.7 cm³/mol. The molecule has 3 atom stereocenters. The first-order valence-electron chi connectivity index (χ1n) is 7.47. The molecule has 3 rings (SSSR count). The van der Waals surface area contributed by atoms with Crippen molar-refractivity contribution in [2.75, 3.05) is 0 Å². The van der Waals surface area contributed by atoms with Crippen molar-refractivity contribution in [3.8, 4) is 0 Å². The van der Waals surface area contributed by atoms with Gasteiger partial charge < -0.3 is 15.7 Å². The fourth-order valence-corrected chi connectivity index (χ4v) is 3.28. The van der Waals surface area contributed by atoms with Crippen molar-refractivity contribution in [3.63, 3.8) is 0 Å². The fourth-order valence-electron chi connectivity index (χ4n) is 3.28. The van der Waals surface area contributed by atoms with E-state index in [0.717, 1.165) is 6.42 Å². The molecule has 2 aliphatic rings. The quantitative estimate of drug-likeness (QED) is 0.777. The van der Waals surface area contributed by atoms with Gasteiger partial charge in [0.2, 0.25) is 5.91 Å². The van der Waals surface area contributed by atoms with Crippen LogP contribution in [0.4, 0.5) is 0 Å². The number of hydrogen-bond donors (Lipinski definition) is 3. The summed E-state index contributed by atoms with van der Waals surface area (Å²) >= 11 is 0. The second-order valence-electron chi connectivity index (χ2n) is 5.96. The summed E-state index contributed by atoms with van der Waals surface area (Å²) in [6.45, 7) is 0.705. The lowest BCUT2D eigenvalue weighted by Crippen LogP contribution is -2.50. The molecule has 5 nitrogen and oxygen atoms in total. The lowest BCUT2D eigenvalue weighted by atomic mass is 9.95. The second kappa shape index (κ2) is 5.85. The summed E-state index contributed by atoms with van der Waals surface area (Å²) in [6, 6.07) is 7.91. The average Bonchev–Trinajstić information content (AvgIpc) is 2.95. The van der Waals surface area contributed by atoms with Crippen LogP contribution in [0, 0.1) is 5.92 Å². The maximum atomic E-state index is 12.3. The molecule has 1 aliphatic heterocycles. The van der Waals surface area contributed by atoms with Gasteiger partial charge in [-0.15, -0.1) is 0 Å². The third-order valence-electron chi connectivity index (χ3n) is 4.53. The van der Waals surface area contributed by atoms with Gasteiger partial charge in [-0.2, -0.15) is 0 Å².